The van der Waals surface area contributed by atoms with E-state index in [1.165, 1.54) is 12.1 Å². The van der Waals surface area contributed by atoms with Gasteiger partial charge in [0.25, 0.3) is 0 Å². The fraction of sp³-hybridized carbons (Fsp3) is 0.238. The predicted octanol–water partition coefficient (Wildman–Crippen LogP) is 4.12. The van der Waals surface area contributed by atoms with Crippen LogP contribution in [-0.4, -0.2) is 40.8 Å². The molecule has 0 spiro atoms. The van der Waals surface area contributed by atoms with Gasteiger partial charge in [0.2, 0.25) is 0 Å². The maximum absolute atomic E-state index is 14.2. The Labute approximate surface area is 162 Å². The normalized spacial score (nSPS) is 13.1. The van der Waals surface area contributed by atoms with Crippen LogP contribution in [0.5, 0.6) is 0 Å². The lowest BCUT2D eigenvalue weighted by Gasteiger charge is -2.16. The minimum Gasteiger partial charge on any atom is -0.309 e. The lowest BCUT2D eigenvalue weighted by molar-refractivity contribution is 0.410. The summed E-state index contributed by atoms with van der Waals surface area (Å²) in [5, 5.41) is 0.596. The summed E-state index contributed by atoms with van der Waals surface area (Å²) in [5.74, 6) is 0.547. The van der Waals surface area contributed by atoms with Gasteiger partial charge in [0.1, 0.15) is 11.6 Å². The lowest BCUT2D eigenvalue weighted by Crippen LogP contribution is -2.17. The Hall–Kier alpha value is -2.50. The van der Waals surface area contributed by atoms with Crippen molar-refractivity contribution in [3.05, 3.63) is 82.1 Å². The summed E-state index contributed by atoms with van der Waals surface area (Å²) in [6, 6.07) is 12.3. The highest BCUT2D eigenvalue weighted by molar-refractivity contribution is 6.35. The summed E-state index contributed by atoms with van der Waals surface area (Å²) < 4.78 is 16.3. The summed E-state index contributed by atoms with van der Waals surface area (Å²) in [6.07, 6.45) is 2.74. The molecular formula is C21H20ClFN4. The molecule has 0 saturated heterocycles. The van der Waals surface area contributed by atoms with E-state index in [9.17, 15) is 4.39 Å². The fourth-order valence-corrected chi connectivity index (χ4v) is 3.59. The third-order valence-corrected chi connectivity index (χ3v) is 5.01. The van der Waals surface area contributed by atoms with Gasteiger partial charge in [-0.1, -0.05) is 29.8 Å². The summed E-state index contributed by atoms with van der Waals surface area (Å²) in [5.41, 5.74) is 4.19. The molecule has 0 atom stereocenters. The largest absolute Gasteiger partial charge is 0.309 e. The van der Waals surface area contributed by atoms with Gasteiger partial charge in [0, 0.05) is 41.0 Å². The Morgan fingerprint density at radius 2 is 1.96 bits per heavy atom. The van der Waals surface area contributed by atoms with Crippen molar-refractivity contribution in [3.63, 3.8) is 0 Å². The first-order chi connectivity index (χ1) is 13.0. The molecule has 6 heteroatoms. The zero-order chi connectivity index (χ0) is 19.0. The van der Waals surface area contributed by atoms with Crippen LogP contribution >= 0.6 is 11.6 Å². The molecular weight excluding hydrogens is 363 g/mol. The Morgan fingerprint density at radius 1 is 1.15 bits per heavy atom. The van der Waals surface area contributed by atoms with Crippen molar-refractivity contribution in [1.29, 1.82) is 0 Å². The molecule has 0 radical (unpaired) electrons. The highest BCUT2D eigenvalue weighted by Crippen LogP contribution is 2.29. The molecule has 3 aromatic rings. The van der Waals surface area contributed by atoms with Crippen molar-refractivity contribution in [2.45, 2.75) is 13.0 Å². The number of benzene rings is 2. The van der Waals surface area contributed by atoms with E-state index in [1.54, 1.807) is 6.07 Å². The summed E-state index contributed by atoms with van der Waals surface area (Å²) in [7, 11) is 4.09. The van der Waals surface area contributed by atoms with Gasteiger partial charge in [-0.15, -0.1) is 0 Å². The maximum Gasteiger partial charge on any atom is 0.135 e. The van der Waals surface area contributed by atoms with Crippen LogP contribution in [0.3, 0.4) is 0 Å². The second-order valence-electron chi connectivity index (χ2n) is 6.86. The Kier molecular flexibility index (Phi) is 4.81. The van der Waals surface area contributed by atoms with E-state index < -0.39 is 0 Å². The SMILES string of the molecule is CN(C)CCc1cnc2n1-c1ccc(F)cc1C(c1ccccc1Cl)=NC2. The van der Waals surface area contributed by atoms with Gasteiger partial charge in [-0.2, -0.15) is 0 Å². The number of aliphatic imine (C=N–C) groups is 1. The molecule has 1 aliphatic heterocycles. The summed E-state index contributed by atoms with van der Waals surface area (Å²) in [6.45, 7) is 1.32. The first kappa shape index (κ1) is 17.9. The van der Waals surface area contributed by atoms with Crippen molar-refractivity contribution in [1.82, 2.24) is 14.5 Å². The second kappa shape index (κ2) is 7.25. The smallest absolute Gasteiger partial charge is 0.135 e. The molecule has 0 fully saturated rings. The van der Waals surface area contributed by atoms with Gasteiger partial charge in [-0.25, -0.2) is 9.37 Å². The van der Waals surface area contributed by atoms with E-state index in [0.29, 0.717) is 17.3 Å². The number of hydrogen-bond donors (Lipinski definition) is 0. The van der Waals surface area contributed by atoms with Crippen molar-refractivity contribution in [2.75, 3.05) is 20.6 Å². The quantitative estimate of drug-likeness (QED) is 0.680. The van der Waals surface area contributed by atoms with Gasteiger partial charge in [0.15, 0.2) is 0 Å². The molecule has 0 aliphatic carbocycles. The molecule has 1 aliphatic rings. The van der Waals surface area contributed by atoms with Crippen LogP contribution in [0.4, 0.5) is 4.39 Å². The second-order valence-corrected chi connectivity index (χ2v) is 7.27. The van der Waals surface area contributed by atoms with Crippen LogP contribution in [0.15, 0.2) is 53.7 Å². The molecule has 0 unspecified atom stereocenters. The number of likely N-dealkylation sites (N-methyl/N-ethyl adjacent to an activating group) is 1. The average molecular weight is 383 g/mol. The third-order valence-electron chi connectivity index (χ3n) is 4.69. The first-order valence-corrected chi connectivity index (χ1v) is 9.22. The van der Waals surface area contributed by atoms with E-state index in [2.05, 4.69) is 14.5 Å². The Morgan fingerprint density at radius 3 is 2.74 bits per heavy atom. The van der Waals surface area contributed by atoms with Crippen LogP contribution in [0, 0.1) is 5.82 Å². The minimum absolute atomic E-state index is 0.299. The fourth-order valence-electron chi connectivity index (χ4n) is 3.36. The molecule has 138 valence electrons. The molecule has 27 heavy (non-hydrogen) atoms. The van der Waals surface area contributed by atoms with E-state index in [4.69, 9.17) is 16.6 Å². The van der Waals surface area contributed by atoms with E-state index in [-0.39, 0.29) is 5.82 Å². The number of hydrogen-bond acceptors (Lipinski definition) is 3. The highest BCUT2D eigenvalue weighted by Gasteiger charge is 2.23. The van der Waals surface area contributed by atoms with Crippen molar-refractivity contribution in [3.8, 4) is 5.69 Å². The number of fused-ring (bicyclic) bond motifs is 3. The third kappa shape index (κ3) is 3.40. The van der Waals surface area contributed by atoms with E-state index in [1.807, 2.05) is 44.6 Å². The van der Waals surface area contributed by atoms with Crippen molar-refractivity contribution < 1.29 is 4.39 Å². The number of rotatable bonds is 4. The van der Waals surface area contributed by atoms with Crippen LogP contribution in [-0.2, 0) is 13.0 Å². The predicted molar refractivity (Wildman–Crippen MR) is 107 cm³/mol. The molecule has 0 amide bonds. The maximum atomic E-state index is 14.2. The van der Waals surface area contributed by atoms with E-state index in [0.717, 1.165) is 41.3 Å². The van der Waals surface area contributed by atoms with Crippen LogP contribution in [0.25, 0.3) is 5.69 Å². The van der Waals surface area contributed by atoms with Crippen molar-refractivity contribution >= 4 is 17.3 Å². The van der Waals surface area contributed by atoms with Crippen LogP contribution < -0.4 is 0 Å². The molecule has 4 nitrogen and oxygen atoms in total. The molecule has 0 saturated carbocycles. The minimum atomic E-state index is -0.299. The Bertz CT molecular complexity index is 1020. The summed E-state index contributed by atoms with van der Waals surface area (Å²) in [4.78, 5) is 11.5. The summed E-state index contributed by atoms with van der Waals surface area (Å²) >= 11 is 6.42. The number of nitrogens with zero attached hydrogens (tertiary/aromatic N) is 4. The number of imidazole rings is 1. The lowest BCUT2D eigenvalue weighted by atomic mass is 10.00. The standard InChI is InChI=1S/C21H20ClFN4/c1-26(2)10-9-15-12-24-20-13-25-21(16-5-3-4-6-18(16)22)17-11-14(23)7-8-19(17)27(15)20/h3-8,11-12H,9-10,13H2,1-2H3. The highest BCUT2D eigenvalue weighted by atomic mass is 35.5. The zero-order valence-electron chi connectivity index (χ0n) is 15.3. The van der Waals surface area contributed by atoms with Crippen LogP contribution in [0.2, 0.25) is 5.02 Å². The molecule has 4 rings (SSSR count). The molecule has 0 N–H and O–H groups in total. The average Bonchev–Trinajstić information content (AvgIpc) is 2.97. The van der Waals surface area contributed by atoms with Gasteiger partial charge in [0.05, 0.1) is 17.9 Å². The van der Waals surface area contributed by atoms with Crippen molar-refractivity contribution in [2.24, 2.45) is 4.99 Å². The van der Waals surface area contributed by atoms with Gasteiger partial charge < -0.3 is 4.90 Å². The number of halogens is 2. The molecule has 1 aromatic heterocycles. The van der Waals surface area contributed by atoms with Gasteiger partial charge in [-0.3, -0.25) is 9.56 Å². The first-order valence-electron chi connectivity index (χ1n) is 8.84. The topological polar surface area (TPSA) is 33.4 Å². The van der Waals surface area contributed by atoms with Gasteiger partial charge in [-0.05, 0) is 38.4 Å². The van der Waals surface area contributed by atoms with E-state index >= 15 is 0 Å². The molecule has 0 bridgehead atoms. The zero-order valence-corrected chi connectivity index (χ0v) is 16.0. The monoisotopic (exact) mass is 382 g/mol. The Balaban J connectivity index is 1.89. The number of aromatic nitrogens is 2. The van der Waals surface area contributed by atoms with Gasteiger partial charge >= 0.3 is 0 Å². The molecule has 2 heterocycles. The van der Waals surface area contributed by atoms with Crippen LogP contribution in [0.1, 0.15) is 22.6 Å². The molecule has 2 aromatic carbocycles.